The highest BCUT2D eigenvalue weighted by molar-refractivity contribution is 7.09. The Morgan fingerprint density at radius 3 is 2.42 bits per heavy atom. The summed E-state index contributed by atoms with van der Waals surface area (Å²) in [6.45, 7) is 7.96. The Morgan fingerprint density at radius 2 is 1.77 bits per heavy atom. The number of aromatic nitrogens is 1. The van der Waals surface area contributed by atoms with Gasteiger partial charge in [-0.05, 0) is 57.3 Å². The first-order valence-corrected chi connectivity index (χ1v) is 11.1. The van der Waals surface area contributed by atoms with Crippen LogP contribution < -0.4 is 4.90 Å². The first kappa shape index (κ1) is 21.1. The van der Waals surface area contributed by atoms with E-state index >= 15 is 0 Å². The molecule has 7 heteroatoms. The molecule has 1 aliphatic rings. The number of hydrogen-bond donors (Lipinski definition) is 0. The van der Waals surface area contributed by atoms with Crippen molar-refractivity contribution in [1.82, 2.24) is 9.47 Å². The van der Waals surface area contributed by atoms with Crippen LogP contribution in [0, 0.1) is 20.8 Å². The minimum Gasteiger partial charge on any atom is -0.343 e. The first-order chi connectivity index (χ1) is 14.8. The summed E-state index contributed by atoms with van der Waals surface area (Å²) in [5.41, 5.74) is 4.09. The second-order valence-electron chi connectivity index (χ2n) is 7.96. The van der Waals surface area contributed by atoms with E-state index in [-0.39, 0.29) is 18.2 Å². The average molecular weight is 436 g/mol. The van der Waals surface area contributed by atoms with Gasteiger partial charge in [-0.25, -0.2) is 4.79 Å². The van der Waals surface area contributed by atoms with Crippen molar-refractivity contribution in [1.29, 1.82) is 0 Å². The lowest BCUT2D eigenvalue weighted by molar-refractivity contribution is -0.126. The number of urea groups is 1. The van der Waals surface area contributed by atoms with Crippen LogP contribution >= 0.6 is 11.3 Å². The summed E-state index contributed by atoms with van der Waals surface area (Å²) in [5.74, 6) is -0.587. The molecule has 2 aromatic heterocycles. The summed E-state index contributed by atoms with van der Waals surface area (Å²) in [6.07, 6.45) is 0. The molecule has 0 saturated carbocycles. The van der Waals surface area contributed by atoms with E-state index in [1.165, 1.54) is 9.78 Å². The van der Waals surface area contributed by atoms with E-state index in [4.69, 9.17) is 0 Å². The molecule has 1 unspecified atom stereocenters. The molecule has 0 radical (unpaired) electrons. The molecule has 3 heterocycles. The molecule has 4 rings (SSSR count). The molecule has 3 aromatic rings. The molecule has 0 aliphatic carbocycles. The minimum atomic E-state index is -0.644. The molecule has 1 fully saturated rings. The standard InChI is InChI=1S/C24H25N3O3S/c1-15-7-9-19(10-8-15)27-18(4)23(29)26(24(27)30)14-22(28)21-12-16(2)25(17(21)3)13-20-6-5-11-31-20/h5-12,18H,13-14H2,1-4H3. The molecule has 3 amide bonds. The summed E-state index contributed by atoms with van der Waals surface area (Å²) in [4.78, 5) is 42.7. The van der Waals surface area contributed by atoms with E-state index in [9.17, 15) is 14.4 Å². The number of ketones is 1. The lowest BCUT2D eigenvalue weighted by atomic mass is 10.1. The van der Waals surface area contributed by atoms with Crippen molar-refractivity contribution in [3.8, 4) is 0 Å². The lowest BCUT2D eigenvalue weighted by Crippen LogP contribution is -2.37. The van der Waals surface area contributed by atoms with Crippen LogP contribution in [0.4, 0.5) is 10.5 Å². The Morgan fingerprint density at radius 1 is 1.06 bits per heavy atom. The van der Waals surface area contributed by atoms with Gasteiger partial charge in [-0.15, -0.1) is 11.3 Å². The number of anilines is 1. The number of nitrogens with zero attached hydrogens (tertiary/aromatic N) is 3. The molecule has 1 atom stereocenters. The maximum absolute atomic E-state index is 13.1. The zero-order chi connectivity index (χ0) is 22.3. The second kappa shape index (κ2) is 8.15. The molecule has 0 spiro atoms. The Bertz CT molecular complexity index is 1150. The number of benzene rings is 1. The third kappa shape index (κ3) is 3.81. The molecular formula is C24H25N3O3S. The summed E-state index contributed by atoms with van der Waals surface area (Å²) in [6, 6.07) is 12.3. The van der Waals surface area contributed by atoms with Crippen LogP contribution in [0.3, 0.4) is 0 Å². The number of imide groups is 1. The normalized spacial score (nSPS) is 16.5. The number of amides is 3. The number of thiophene rings is 1. The van der Waals surface area contributed by atoms with Gasteiger partial charge in [0.1, 0.15) is 6.04 Å². The fourth-order valence-corrected chi connectivity index (χ4v) is 4.72. The van der Waals surface area contributed by atoms with Crippen LogP contribution in [0.2, 0.25) is 0 Å². The van der Waals surface area contributed by atoms with E-state index in [0.717, 1.165) is 21.9 Å². The van der Waals surface area contributed by atoms with E-state index in [0.29, 0.717) is 17.8 Å². The average Bonchev–Trinajstić information content (AvgIpc) is 3.41. The van der Waals surface area contributed by atoms with Crippen molar-refractivity contribution in [3.05, 3.63) is 75.2 Å². The fraction of sp³-hybridized carbons (Fsp3) is 0.292. The highest BCUT2D eigenvalue weighted by Crippen LogP contribution is 2.27. The predicted octanol–water partition coefficient (Wildman–Crippen LogP) is 4.56. The smallest absolute Gasteiger partial charge is 0.332 e. The number of carbonyl (C=O) groups excluding carboxylic acids is 3. The van der Waals surface area contributed by atoms with Crippen molar-refractivity contribution in [2.75, 3.05) is 11.4 Å². The van der Waals surface area contributed by atoms with Gasteiger partial charge < -0.3 is 4.57 Å². The van der Waals surface area contributed by atoms with Crippen molar-refractivity contribution in [2.24, 2.45) is 0 Å². The van der Waals surface area contributed by atoms with Gasteiger partial charge in [0.25, 0.3) is 5.91 Å². The summed E-state index contributed by atoms with van der Waals surface area (Å²) < 4.78 is 2.09. The van der Waals surface area contributed by atoms with Gasteiger partial charge in [0.2, 0.25) is 0 Å². The highest BCUT2D eigenvalue weighted by Gasteiger charge is 2.44. The van der Waals surface area contributed by atoms with Crippen LogP contribution in [0.1, 0.15) is 39.1 Å². The Balaban J connectivity index is 1.55. The minimum absolute atomic E-state index is 0.231. The molecule has 1 aromatic carbocycles. The Hall–Kier alpha value is -3.19. The van der Waals surface area contributed by atoms with Gasteiger partial charge in [0.15, 0.2) is 5.78 Å². The van der Waals surface area contributed by atoms with Crippen LogP contribution in [0.25, 0.3) is 0 Å². The molecule has 0 bridgehead atoms. The predicted molar refractivity (Wildman–Crippen MR) is 122 cm³/mol. The van der Waals surface area contributed by atoms with Crippen LogP contribution in [-0.4, -0.2) is 39.8 Å². The Kier molecular flexibility index (Phi) is 5.54. The summed E-state index contributed by atoms with van der Waals surface area (Å²) in [5, 5.41) is 2.03. The van der Waals surface area contributed by atoms with Gasteiger partial charge in [-0.1, -0.05) is 23.8 Å². The van der Waals surface area contributed by atoms with E-state index < -0.39 is 12.1 Å². The molecule has 1 aliphatic heterocycles. The summed E-state index contributed by atoms with van der Waals surface area (Å²) in [7, 11) is 0. The molecule has 1 saturated heterocycles. The quantitative estimate of drug-likeness (QED) is 0.421. The van der Waals surface area contributed by atoms with Gasteiger partial charge in [0, 0.05) is 27.5 Å². The maximum atomic E-state index is 13.1. The van der Waals surface area contributed by atoms with Crippen LogP contribution in [-0.2, 0) is 11.3 Å². The van der Waals surface area contributed by atoms with E-state index in [1.54, 1.807) is 18.3 Å². The lowest BCUT2D eigenvalue weighted by Gasteiger charge is -2.19. The molecule has 31 heavy (non-hydrogen) atoms. The van der Waals surface area contributed by atoms with Crippen molar-refractivity contribution in [2.45, 2.75) is 40.3 Å². The zero-order valence-electron chi connectivity index (χ0n) is 18.1. The Labute approximate surface area is 185 Å². The van der Waals surface area contributed by atoms with E-state index in [1.807, 2.05) is 62.5 Å². The third-order valence-corrected chi connectivity index (χ3v) is 6.69. The van der Waals surface area contributed by atoms with E-state index in [2.05, 4.69) is 10.6 Å². The fourth-order valence-electron chi connectivity index (χ4n) is 4.02. The molecule has 160 valence electrons. The van der Waals surface area contributed by atoms with Crippen LogP contribution in [0.5, 0.6) is 0 Å². The topological polar surface area (TPSA) is 62.6 Å². The van der Waals surface area contributed by atoms with Crippen molar-refractivity contribution >= 4 is 34.7 Å². The van der Waals surface area contributed by atoms with Gasteiger partial charge >= 0.3 is 6.03 Å². The number of carbonyl (C=O) groups is 3. The number of Topliss-reactive ketones (excluding diaryl/α,β-unsaturated/α-hetero) is 1. The highest BCUT2D eigenvalue weighted by atomic mass is 32.1. The molecule has 6 nitrogen and oxygen atoms in total. The maximum Gasteiger partial charge on any atom is 0.332 e. The third-order valence-electron chi connectivity index (χ3n) is 5.83. The molecular weight excluding hydrogens is 410 g/mol. The first-order valence-electron chi connectivity index (χ1n) is 10.2. The van der Waals surface area contributed by atoms with Gasteiger partial charge in [0.05, 0.1) is 13.1 Å². The van der Waals surface area contributed by atoms with Crippen molar-refractivity contribution < 1.29 is 14.4 Å². The van der Waals surface area contributed by atoms with Gasteiger partial charge in [-0.3, -0.25) is 19.4 Å². The number of rotatable bonds is 6. The van der Waals surface area contributed by atoms with Crippen LogP contribution in [0.15, 0.2) is 47.8 Å². The molecule has 0 N–H and O–H groups in total. The van der Waals surface area contributed by atoms with Crippen molar-refractivity contribution in [3.63, 3.8) is 0 Å². The second-order valence-corrected chi connectivity index (χ2v) is 8.99. The zero-order valence-corrected chi connectivity index (χ0v) is 18.9. The SMILES string of the molecule is Cc1ccc(N2C(=O)N(CC(=O)c3cc(C)n(Cc4cccs4)c3C)C(=O)C2C)cc1. The number of hydrogen-bond acceptors (Lipinski definition) is 4. The summed E-state index contributed by atoms with van der Waals surface area (Å²) >= 11 is 1.67. The number of aryl methyl sites for hydroxylation is 2. The largest absolute Gasteiger partial charge is 0.343 e. The monoisotopic (exact) mass is 435 g/mol. The van der Waals surface area contributed by atoms with Gasteiger partial charge in [-0.2, -0.15) is 0 Å².